The van der Waals surface area contributed by atoms with Crippen molar-refractivity contribution >= 4 is 44.8 Å². The predicted molar refractivity (Wildman–Crippen MR) is 102 cm³/mol. The molecular formula is C17H17N3O4S2. The van der Waals surface area contributed by atoms with E-state index in [0.717, 1.165) is 10.4 Å². The highest BCUT2D eigenvalue weighted by atomic mass is 32.1. The zero-order valence-electron chi connectivity index (χ0n) is 14.2. The normalized spacial score (nSPS) is 12.2. The van der Waals surface area contributed by atoms with Gasteiger partial charge >= 0.3 is 5.97 Å². The van der Waals surface area contributed by atoms with Crippen LogP contribution in [-0.4, -0.2) is 45.0 Å². The van der Waals surface area contributed by atoms with Gasteiger partial charge in [0.1, 0.15) is 11.4 Å². The standard InChI is InChI=1S/C17H17N3O4S2/c1-10(17(23)24)6-19(2)13(21)7-20-9-18-15-14(16(20)22)11(8-26-15)12-4-3-5-25-12/h3-5,8-10H,6-7H2,1-2H3,(H,23,24). The molecule has 3 rings (SSSR count). The molecule has 136 valence electrons. The van der Waals surface area contributed by atoms with Crippen molar-refractivity contribution < 1.29 is 14.7 Å². The SMILES string of the molecule is CC(CN(C)C(=O)Cn1cnc2scc(-c3cccs3)c2c1=O)C(=O)O. The molecule has 0 spiro atoms. The number of aromatic nitrogens is 2. The van der Waals surface area contributed by atoms with Crippen LogP contribution in [0, 0.1) is 5.92 Å². The van der Waals surface area contributed by atoms with Crippen molar-refractivity contribution in [1.82, 2.24) is 14.5 Å². The van der Waals surface area contributed by atoms with E-state index in [1.807, 2.05) is 22.9 Å². The second-order valence-electron chi connectivity index (χ2n) is 6.00. The number of carboxylic acid groups (broad SMARTS) is 1. The zero-order valence-corrected chi connectivity index (χ0v) is 15.8. The van der Waals surface area contributed by atoms with Crippen molar-refractivity contribution in [2.45, 2.75) is 13.5 Å². The Labute approximate surface area is 157 Å². The van der Waals surface area contributed by atoms with E-state index in [9.17, 15) is 14.4 Å². The number of hydrogen-bond acceptors (Lipinski definition) is 6. The molecule has 3 aromatic rings. The monoisotopic (exact) mass is 391 g/mol. The summed E-state index contributed by atoms with van der Waals surface area (Å²) >= 11 is 2.93. The van der Waals surface area contributed by atoms with Crippen molar-refractivity contribution in [2.75, 3.05) is 13.6 Å². The van der Waals surface area contributed by atoms with Crippen LogP contribution in [0.1, 0.15) is 6.92 Å². The molecule has 3 heterocycles. The highest BCUT2D eigenvalue weighted by molar-refractivity contribution is 7.18. The van der Waals surface area contributed by atoms with Crippen molar-refractivity contribution in [3.8, 4) is 10.4 Å². The van der Waals surface area contributed by atoms with Crippen molar-refractivity contribution in [2.24, 2.45) is 5.92 Å². The number of carboxylic acids is 1. The number of carbonyl (C=O) groups excluding carboxylic acids is 1. The summed E-state index contributed by atoms with van der Waals surface area (Å²) in [7, 11) is 1.53. The Morgan fingerprint density at radius 2 is 2.15 bits per heavy atom. The number of amides is 1. The summed E-state index contributed by atoms with van der Waals surface area (Å²) < 4.78 is 1.27. The smallest absolute Gasteiger partial charge is 0.308 e. The number of likely N-dealkylation sites (N-methyl/N-ethyl adjacent to an activating group) is 1. The third-order valence-electron chi connectivity index (χ3n) is 4.05. The van der Waals surface area contributed by atoms with Gasteiger partial charge in [0, 0.05) is 29.4 Å². The van der Waals surface area contributed by atoms with Crippen LogP contribution < -0.4 is 5.56 Å². The number of aliphatic carboxylic acids is 1. The molecule has 7 nitrogen and oxygen atoms in total. The topological polar surface area (TPSA) is 92.5 Å². The summed E-state index contributed by atoms with van der Waals surface area (Å²) in [4.78, 5) is 43.4. The van der Waals surface area contributed by atoms with E-state index >= 15 is 0 Å². The lowest BCUT2D eigenvalue weighted by atomic mass is 10.2. The predicted octanol–water partition coefficient (Wildman–Crippen LogP) is 2.37. The molecule has 0 saturated heterocycles. The first kappa shape index (κ1) is 18.3. The van der Waals surface area contributed by atoms with Crippen molar-refractivity contribution in [3.63, 3.8) is 0 Å². The molecule has 0 bridgehead atoms. The number of carbonyl (C=O) groups is 2. The minimum Gasteiger partial charge on any atom is -0.481 e. The Morgan fingerprint density at radius 3 is 2.81 bits per heavy atom. The molecule has 0 aliphatic carbocycles. The first-order chi connectivity index (χ1) is 12.4. The van der Waals surface area contributed by atoms with E-state index in [1.54, 1.807) is 0 Å². The van der Waals surface area contributed by atoms with Gasteiger partial charge in [0.15, 0.2) is 0 Å². The molecule has 0 fully saturated rings. The summed E-state index contributed by atoms with van der Waals surface area (Å²) in [5.41, 5.74) is 0.555. The van der Waals surface area contributed by atoms with E-state index in [2.05, 4.69) is 4.98 Å². The Bertz CT molecular complexity index is 1010. The molecule has 3 aromatic heterocycles. The number of nitrogens with zero attached hydrogens (tertiary/aromatic N) is 3. The third-order valence-corrected chi connectivity index (χ3v) is 5.84. The average Bonchev–Trinajstić information content (AvgIpc) is 3.26. The second kappa shape index (κ2) is 7.38. The van der Waals surface area contributed by atoms with Crippen LogP contribution >= 0.6 is 22.7 Å². The Morgan fingerprint density at radius 1 is 1.38 bits per heavy atom. The van der Waals surface area contributed by atoms with Crippen molar-refractivity contribution in [1.29, 1.82) is 0 Å². The number of thiophene rings is 2. The van der Waals surface area contributed by atoms with Crippen LogP contribution in [0.4, 0.5) is 0 Å². The van der Waals surface area contributed by atoms with Gasteiger partial charge in [0.25, 0.3) is 5.56 Å². The summed E-state index contributed by atoms with van der Waals surface area (Å²) in [6, 6.07) is 3.86. The zero-order chi connectivity index (χ0) is 18.8. The fourth-order valence-electron chi connectivity index (χ4n) is 2.55. The fraction of sp³-hybridized carbons (Fsp3) is 0.294. The van der Waals surface area contributed by atoms with Crippen LogP contribution in [0.5, 0.6) is 0 Å². The molecule has 9 heteroatoms. The van der Waals surface area contributed by atoms with Crippen molar-refractivity contribution in [3.05, 3.63) is 39.6 Å². The van der Waals surface area contributed by atoms with Gasteiger partial charge in [-0.3, -0.25) is 19.0 Å². The maximum atomic E-state index is 12.9. The summed E-state index contributed by atoms with van der Waals surface area (Å²) in [5, 5.41) is 13.3. The molecule has 0 aliphatic rings. The van der Waals surface area contributed by atoms with Gasteiger partial charge in [-0.25, -0.2) is 4.98 Å². The molecule has 0 aliphatic heterocycles. The van der Waals surface area contributed by atoms with Gasteiger partial charge < -0.3 is 10.0 Å². The van der Waals surface area contributed by atoms with Crippen LogP contribution in [0.15, 0.2) is 34.0 Å². The van der Waals surface area contributed by atoms with Crippen LogP contribution in [0.2, 0.25) is 0 Å². The molecule has 1 atom stereocenters. The summed E-state index contributed by atoms with van der Waals surface area (Å²) in [6.45, 7) is 1.44. The summed E-state index contributed by atoms with van der Waals surface area (Å²) in [5.74, 6) is -1.98. The molecule has 1 amide bonds. The highest BCUT2D eigenvalue weighted by Gasteiger charge is 2.19. The second-order valence-corrected chi connectivity index (χ2v) is 7.80. The number of hydrogen-bond donors (Lipinski definition) is 1. The lowest BCUT2D eigenvalue weighted by Gasteiger charge is -2.19. The molecule has 1 unspecified atom stereocenters. The van der Waals surface area contributed by atoms with Gasteiger partial charge in [-0.05, 0) is 11.4 Å². The quantitative estimate of drug-likeness (QED) is 0.696. The van der Waals surface area contributed by atoms with Gasteiger partial charge in [-0.2, -0.15) is 0 Å². The Balaban J connectivity index is 1.88. The number of fused-ring (bicyclic) bond motifs is 1. The van der Waals surface area contributed by atoms with E-state index in [1.165, 1.54) is 52.4 Å². The maximum Gasteiger partial charge on any atom is 0.308 e. The highest BCUT2D eigenvalue weighted by Crippen LogP contribution is 2.33. The Hall–Kier alpha value is -2.52. The lowest BCUT2D eigenvalue weighted by Crippen LogP contribution is -2.37. The van der Waals surface area contributed by atoms with Crippen LogP contribution in [0.25, 0.3) is 20.7 Å². The first-order valence-electron chi connectivity index (χ1n) is 7.85. The first-order valence-corrected chi connectivity index (χ1v) is 9.61. The molecule has 0 saturated carbocycles. The molecular weight excluding hydrogens is 374 g/mol. The minimum absolute atomic E-state index is 0.0808. The lowest BCUT2D eigenvalue weighted by molar-refractivity contribution is -0.142. The molecule has 26 heavy (non-hydrogen) atoms. The summed E-state index contributed by atoms with van der Waals surface area (Å²) in [6.07, 6.45) is 1.37. The largest absolute Gasteiger partial charge is 0.481 e. The van der Waals surface area contributed by atoms with E-state index in [4.69, 9.17) is 5.11 Å². The van der Waals surface area contributed by atoms with Crippen LogP contribution in [0.3, 0.4) is 0 Å². The maximum absolute atomic E-state index is 12.9. The van der Waals surface area contributed by atoms with Gasteiger partial charge in [-0.15, -0.1) is 22.7 Å². The van der Waals surface area contributed by atoms with E-state index in [0.29, 0.717) is 10.2 Å². The number of rotatable bonds is 6. The van der Waals surface area contributed by atoms with Gasteiger partial charge in [0.2, 0.25) is 5.91 Å². The molecule has 1 N–H and O–H groups in total. The fourth-order valence-corrected chi connectivity index (χ4v) is 4.27. The van der Waals surface area contributed by atoms with E-state index < -0.39 is 11.9 Å². The Kier molecular flexibility index (Phi) is 5.19. The van der Waals surface area contributed by atoms with E-state index in [-0.39, 0.29) is 24.6 Å². The minimum atomic E-state index is -0.969. The third kappa shape index (κ3) is 3.54. The van der Waals surface area contributed by atoms with Crippen LogP contribution in [-0.2, 0) is 16.1 Å². The molecule has 0 aromatic carbocycles. The van der Waals surface area contributed by atoms with Gasteiger partial charge in [-0.1, -0.05) is 13.0 Å². The molecule has 0 radical (unpaired) electrons. The van der Waals surface area contributed by atoms with Gasteiger partial charge in [0.05, 0.1) is 17.6 Å². The average molecular weight is 391 g/mol.